The van der Waals surface area contributed by atoms with Crippen molar-refractivity contribution in [2.45, 2.75) is 25.8 Å². The summed E-state index contributed by atoms with van der Waals surface area (Å²) in [6.07, 6.45) is 7.04. The lowest BCUT2D eigenvalue weighted by molar-refractivity contribution is 0.402. The average Bonchev–Trinajstić information content (AvgIpc) is 3.20. The monoisotopic (exact) mass is 453 g/mol. The van der Waals surface area contributed by atoms with Gasteiger partial charge in [0.1, 0.15) is 12.1 Å². The fraction of sp³-hybridized carbons (Fsp3) is 0.292. The average molecular weight is 454 g/mol. The first-order valence-corrected chi connectivity index (χ1v) is 10.8. The van der Waals surface area contributed by atoms with Gasteiger partial charge >= 0.3 is 0 Å². The molecule has 0 atom stereocenters. The van der Waals surface area contributed by atoms with E-state index in [2.05, 4.69) is 50.3 Å². The Labute approximate surface area is 193 Å². The van der Waals surface area contributed by atoms with Crippen molar-refractivity contribution in [1.29, 1.82) is 0 Å². The number of fused-ring (bicyclic) bond motifs is 1. The summed E-state index contributed by atoms with van der Waals surface area (Å²) >= 11 is 6.33. The highest BCUT2D eigenvalue weighted by Gasteiger charge is 2.23. The lowest BCUT2D eigenvalue weighted by atomic mass is 9.90. The van der Waals surface area contributed by atoms with Crippen LogP contribution >= 0.6 is 24.0 Å². The summed E-state index contributed by atoms with van der Waals surface area (Å²) in [6.45, 7) is 2.62. The molecule has 0 saturated carbocycles. The third-order valence-electron chi connectivity index (χ3n) is 5.97. The van der Waals surface area contributed by atoms with E-state index in [1.54, 1.807) is 6.33 Å². The maximum atomic E-state index is 6.33. The molecule has 31 heavy (non-hydrogen) atoms. The van der Waals surface area contributed by atoms with Gasteiger partial charge in [0.15, 0.2) is 5.65 Å². The Kier molecular flexibility index (Phi) is 6.73. The molecule has 1 fully saturated rings. The summed E-state index contributed by atoms with van der Waals surface area (Å²) in [5, 5.41) is 6.34. The summed E-state index contributed by atoms with van der Waals surface area (Å²) in [5.41, 5.74) is 3.32. The molecular weight excluding hydrogens is 429 g/mol. The van der Waals surface area contributed by atoms with Gasteiger partial charge in [-0.15, -0.1) is 12.4 Å². The van der Waals surface area contributed by atoms with Crippen LogP contribution in [0.5, 0.6) is 0 Å². The number of anilines is 1. The molecule has 160 valence electrons. The van der Waals surface area contributed by atoms with Crippen molar-refractivity contribution in [3.8, 4) is 0 Å². The van der Waals surface area contributed by atoms with E-state index < -0.39 is 0 Å². The fourth-order valence-corrected chi connectivity index (χ4v) is 4.53. The van der Waals surface area contributed by atoms with E-state index in [0.29, 0.717) is 6.54 Å². The third-order valence-corrected chi connectivity index (χ3v) is 6.34. The van der Waals surface area contributed by atoms with Crippen LogP contribution in [0.4, 0.5) is 5.82 Å². The van der Waals surface area contributed by atoms with Gasteiger partial charge in [-0.3, -0.25) is 0 Å². The molecule has 1 aliphatic heterocycles. The zero-order valence-corrected chi connectivity index (χ0v) is 18.8. The Hall–Kier alpha value is -2.63. The normalized spacial score (nSPS) is 14.5. The van der Waals surface area contributed by atoms with Gasteiger partial charge in [-0.1, -0.05) is 60.1 Å². The highest BCUT2D eigenvalue weighted by Crippen LogP contribution is 2.29. The Bertz CT molecular complexity index is 1140. The summed E-state index contributed by atoms with van der Waals surface area (Å²) in [4.78, 5) is 11.5. The zero-order valence-electron chi connectivity index (χ0n) is 17.2. The van der Waals surface area contributed by atoms with Crippen LogP contribution in [0.15, 0.2) is 67.1 Å². The van der Waals surface area contributed by atoms with E-state index in [-0.39, 0.29) is 12.4 Å². The highest BCUT2D eigenvalue weighted by molar-refractivity contribution is 6.31. The SMILES string of the molecule is Cl.Clc1ccccc1Cn1ncc2c(N3CCC(Cc4ccccc4)CC3)ncnc21. The molecule has 5 nitrogen and oxygen atoms in total. The molecule has 3 heterocycles. The Morgan fingerprint density at radius 2 is 1.68 bits per heavy atom. The standard InChI is InChI=1S/C24H24ClN5.ClH/c25-22-9-5-4-8-20(22)16-30-24-21(15-28-30)23(26-17-27-24)29-12-10-19(11-13-29)14-18-6-2-1-3-7-18;/h1-9,15,17,19H,10-14,16H2;1H. The molecule has 1 saturated heterocycles. The molecule has 0 aliphatic carbocycles. The number of rotatable bonds is 5. The van der Waals surface area contributed by atoms with Crippen molar-refractivity contribution >= 4 is 40.9 Å². The molecule has 2 aromatic carbocycles. The molecule has 4 aromatic rings. The van der Waals surface area contributed by atoms with Crippen molar-refractivity contribution < 1.29 is 0 Å². The number of aromatic nitrogens is 4. The Morgan fingerprint density at radius 3 is 2.45 bits per heavy atom. The van der Waals surface area contributed by atoms with Crippen molar-refractivity contribution in [3.63, 3.8) is 0 Å². The molecule has 0 radical (unpaired) electrons. The summed E-state index contributed by atoms with van der Waals surface area (Å²) in [6, 6.07) is 18.7. The predicted octanol–water partition coefficient (Wildman–Crippen LogP) is 5.41. The second-order valence-electron chi connectivity index (χ2n) is 7.95. The van der Waals surface area contributed by atoms with Gasteiger partial charge in [-0.25, -0.2) is 14.6 Å². The lowest BCUT2D eigenvalue weighted by Crippen LogP contribution is -2.35. The number of nitrogens with zero attached hydrogens (tertiary/aromatic N) is 5. The lowest BCUT2D eigenvalue weighted by Gasteiger charge is -2.33. The third kappa shape index (κ3) is 4.68. The molecule has 0 unspecified atom stereocenters. The van der Waals surface area contributed by atoms with Gasteiger partial charge in [0.25, 0.3) is 0 Å². The second kappa shape index (κ2) is 9.67. The molecule has 0 spiro atoms. The van der Waals surface area contributed by atoms with E-state index in [1.165, 1.54) is 18.4 Å². The van der Waals surface area contributed by atoms with Crippen LogP contribution in [0, 0.1) is 5.92 Å². The van der Waals surface area contributed by atoms with E-state index in [4.69, 9.17) is 11.6 Å². The summed E-state index contributed by atoms with van der Waals surface area (Å²) in [7, 11) is 0. The maximum Gasteiger partial charge on any atom is 0.163 e. The largest absolute Gasteiger partial charge is 0.356 e. The smallest absolute Gasteiger partial charge is 0.163 e. The topological polar surface area (TPSA) is 46.8 Å². The van der Waals surface area contributed by atoms with Gasteiger partial charge in [0, 0.05) is 18.1 Å². The Balaban J connectivity index is 0.00000231. The number of hydrogen-bond donors (Lipinski definition) is 0. The van der Waals surface area contributed by atoms with Gasteiger partial charge in [-0.05, 0) is 42.4 Å². The molecule has 1 aliphatic rings. The van der Waals surface area contributed by atoms with Gasteiger partial charge in [0.05, 0.1) is 18.1 Å². The zero-order chi connectivity index (χ0) is 20.3. The van der Waals surface area contributed by atoms with Crippen LogP contribution in [0.3, 0.4) is 0 Å². The molecular formula is C24H25Cl2N5. The molecule has 7 heteroatoms. The maximum absolute atomic E-state index is 6.33. The van der Waals surface area contributed by atoms with Crippen LogP contribution in [0.25, 0.3) is 11.0 Å². The van der Waals surface area contributed by atoms with Crippen molar-refractivity contribution in [2.75, 3.05) is 18.0 Å². The van der Waals surface area contributed by atoms with Crippen LogP contribution in [-0.2, 0) is 13.0 Å². The molecule has 5 rings (SSSR count). The van der Waals surface area contributed by atoms with Crippen LogP contribution in [0.2, 0.25) is 5.02 Å². The predicted molar refractivity (Wildman–Crippen MR) is 128 cm³/mol. The first-order chi connectivity index (χ1) is 14.8. The van der Waals surface area contributed by atoms with Gasteiger partial charge < -0.3 is 4.90 Å². The molecule has 2 aromatic heterocycles. The number of piperidine rings is 1. The molecule has 0 N–H and O–H groups in total. The van der Waals surface area contributed by atoms with E-state index in [9.17, 15) is 0 Å². The van der Waals surface area contributed by atoms with Crippen molar-refractivity contribution in [2.24, 2.45) is 5.92 Å². The summed E-state index contributed by atoms with van der Waals surface area (Å²) in [5.74, 6) is 1.72. The number of halogens is 2. The van der Waals surface area contributed by atoms with Gasteiger partial charge in [-0.2, -0.15) is 5.10 Å². The van der Waals surface area contributed by atoms with Gasteiger partial charge in [0.2, 0.25) is 0 Å². The van der Waals surface area contributed by atoms with Crippen molar-refractivity contribution in [1.82, 2.24) is 19.7 Å². The molecule has 0 bridgehead atoms. The fourth-order valence-electron chi connectivity index (χ4n) is 4.33. The number of hydrogen-bond acceptors (Lipinski definition) is 4. The van der Waals surface area contributed by atoms with Crippen LogP contribution in [-0.4, -0.2) is 32.8 Å². The molecule has 0 amide bonds. The van der Waals surface area contributed by atoms with Crippen LogP contribution < -0.4 is 4.90 Å². The second-order valence-corrected chi connectivity index (χ2v) is 8.36. The minimum absolute atomic E-state index is 0. The van der Waals surface area contributed by atoms with Crippen molar-refractivity contribution in [3.05, 3.63) is 83.3 Å². The van der Waals surface area contributed by atoms with E-state index in [0.717, 1.165) is 52.9 Å². The highest BCUT2D eigenvalue weighted by atomic mass is 35.5. The first kappa shape index (κ1) is 21.6. The minimum atomic E-state index is 0. The summed E-state index contributed by atoms with van der Waals surface area (Å²) < 4.78 is 1.91. The van der Waals surface area contributed by atoms with E-state index >= 15 is 0 Å². The minimum Gasteiger partial charge on any atom is -0.356 e. The van der Waals surface area contributed by atoms with E-state index in [1.807, 2.05) is 35.1 Å². The quantitative estimate of drug-likeness (QED) is 0.405. The van der Waals surface area contributed by atoms with Crippen LogP contribution in [0.1, 0.15) is 24.0 Å². The number of benzene rings is 2. The Morgan fingerprint density at radius 1 is 0.935 bits per heavy atom. The first-order valence-electron chi connectivity index (χ1n) is 10.5.